The summed E-state index contributed by atoms with van der Waals surface area (Å²) in [7, 11) is 0. The van der Waals surface area contributed by atoms with Crippen LogP contribution in [0.15, 0.2) is 29.2 Å². The molecule has 0 amide bonds. The Morgan fingerprint density at radius 3 is 2.67 bits per heavy atom. The number of halogens is 1. The predicted octanol–water partition coefficient (Wildman–Crippen LogP) is 3.56. The maximum atomic E-state index is 5.86. The quantitative estimate of drug-likeness (QED) is 0.876. The van der Waals surface area contributed by atoms with E-state index in [1.54, 1.807) is 0 Å². The molecule has 2 atom stereocenters. The molecule has 1 nitrogen and oxygen atoms in total. The lowest BCUT2D eigenvalue weighted by atomic mass is 10.1. The lowest BCUT2D eigenvalue weighted by Gasteiger charge is -2.17. The first-order chi connectivity index (χ1) is 7.29. The summed E-state index contributed by atoms with van der Waals surface area (Å²) >= 11 is 7.81. The van der Waals surface area contributed by atoms with Crippen LogP contribution in [0, 0.1) is 5.92 Å². The molecule has 0 aromatic heterocycles. The summed E-state index contributed by atoms with van der Waals surface area (Å²) in [6.45, 7) is 0.825. The van der Waals surface area contributed by atoms with E-state index in [1.165, 1.54) is 24.2 Å². The number of thioether (sulfide) groups is 1. The highest BCUT2D eigenvalue weighted by molar-refractivity contribution is 8.00. The van der Waals surface area contributed by atoms with Gasteiger partial charge in [-0.1, -0.05) is 18.0 Å². The van der Waals surface area contributed by atoms with Crippen molar-refractivity contribution in [1.29, 1.82) is 0 Å². The molecule has 2 rings (SSSR count). The van der Waals surface area contributed by atoms with E-state index < -0.39 is 0 Å². The topological polar surface area (TPSA) is 26.0 Å². The van der Waals surface area contributed by atoms with Gasteiger partial charge in [0.1, 0.15) is 0 Å². The standard InChI is InChI=1S/C12H16ClNS/c13-10-4-6-11(7-5-10)15-12-3-1-2-9(12)8-14/h4-7,9,12H,1-3,8,14H2. The summed E-state index contributed by atoms with van der Waals surface area (Å²) in [6, 6.07) is 8.10. The highest BCUT2D eigenvalue weighted by Gasteiger charge is 2.26. The number of benzene rings is 1. The van der Waals surface area contributed by atoms with Gasteiger partial charge in [-0.2, -0.15) is 0 Å². The Kier molecular flexibility index (Phi) is 3.95. The molecule has 1 aliphatic carbocycles. The summed E-state index contributed by atoms with van der Waals surface area (Å²) in [4.78, 5) is 1.31. The molecule has 0 heterocycles. The molecule has 0 aliphatic heterocycles. The molecule has 1 aromatic rings. The third kappa shape index (κ3) is 2.90. The van der Waals surface area contributed by atoms with Crippen LogP contribution in [-0.2, 0) is 0 Å². The molecule has 1 aliphatic rings. The van der Waals surface area contributed by atoms with Crippen molar-refractivity contribution in [3.05, 3.63) is 29.3 Å². The molecule has 1 fully saturated rings. The van der Waals surface area contributed by atoms with Crippen molar-refractivity contribution in [2.45, 2.75) is 29.4 Å². The lowest BCUT2D eigenvalue weighted by Crippen LogP contribution is -2.20. The molecular weight excluding hydrogens is 226 g/mol. The minimum atomic E-state index is 0.700. The maximum Gasteiger partial charge on any atom is 0.0406 e. The number of nitrogens with two attached hydrogens (primary N) is 1. The zero-order valence-electron chi connectivity index (χ0n) is 8.66. The van der Waals surface area contributed by atoms with Crippen LogP contribution in [0.3, 0.4) is 0 Å². The molecule has 0 bridgehead atoms. The monoisotopic (exact) mass is 241 g/mol. The smallest absolute Gasteiger partial charge is 0.0406 e. The van der Waals surface area contributed by atoms with Gasteiger partial charge in [0.15, 0.2) is 0 Å². The molecule has 3 heteroatoms. The second-order valence-electron chi connectivity index (χ2n) is 4.04. The van der Waals surface area contributed by atoms with Crippen molar-refractivity contribution in [3.63, 3.8) is 0 Å². The third-order valence-corrected chi connectivity index (χ3v) is 4.71. The fraction of sp³-hybridized carbons (Fsp3) is 0.500. The molecule has 2 N–H and O–H groups in total. The SMILES string of the molecule is NCC1CCCC1Sc1ccc(Cl)cc1. The Bertz CT molecular complexity index is 312. The first-order valence-electron chi connectivity index (χ1n) is 5.42. The number of hydrogen-bond acceptors (Lipinski definition) is 2. The van der Waals surface area contributed by atoms with Gasteiger partial charge < -0.3 is 5.73 Å². The van der Waals surface area contributed by atoms with Gasteiger partial charge in [0, 0.05) is 15.2 Å². The van der Waals surface area contributed by atoms with Gasteiger partial charge in [0.05, 0.1) is 0 Å². The van der Waals surface area contributed by atoms with Crippen LogP contribution in [0.5, 0.6) is 0 Å². The Hall–Kier alpha value is -0.180. The zero-order chi connectivity index (χ0) is 10.7. The Labute approximate surface area is 100 Å². The van der Waals surface area contributed by atoms with E-state index >= 15 is 0 Å². The number of rotatable bonds is 3. The van der Waals surface area contributed by atoms with E-state index in [-0.39, 0.29) is 0 Å². The summed E-state index contributed by atoms with van der Waals surface area (Å²) in [5, 5.41) is 1.51. The first-order valence-corrected chi connectivity index (χ1v) is 6.67. The Morgan fingerprint density at radius 1 is 1.27 bits per heavy atom. The van der Waals surface area contributed by atoms with Gasteiger partial charge in [0.25, 0.3) is 0 Å². The average Bonchev–Trinajstić information content (AvgIpc) is 2.69. The van der Waals surface area contributed by atoms with Crippen LogP contribution in [0.4, 0.5) is 0 Å². The van der Waals surface area contributed by atoms with Crippen molar-refractivity contribution in [2.24, 2.45) is 11.7 Å². The van der Waals surface area contributed by atoms with Crippen molar-refractivity contribution < 1.29 is 0 Å². The summed E-state index contributed by atoms with van der Waals surface area (Å²) in [6.07, 6.45) is 3.92. The summed E-state index contributed by atoms with van der Waals surface area (Å²) < 4.78 is 0. The van der Waals surface area contributed by atoms with Crippen LogP contribution in [0.1, 0.15) is 19.3 Å². The minimum Gasteiger partial charge on any atom is -0.330 e. The lowest BCUT2D eigenvalue weighted by molar-refractivity contribution is 0.573. The van der Waals surface area contributed by atoms with E-state index in [1.807, 2.05) is 23.9 Å². The predicted molar refractivity (Wildman–Crippen MR) is 67.5 cm³/mol. The van der Waals surface area contributed by atoms with Crippen molar-refractivity contribution in [3.8, 4) is 0 Å². The van der Waals surface area contributed by atoms with Crippen molar-refractivity contribution >= 4 is 23.4 Å². The fourth-order valence-electron chi connectivity index (χ4n) is 2.12. The van der Waals surface area contributed by atoms with E-state index in [4.69, 9.17) is 17.3 Å². The molecule has 1 aromatic carbocycles. The molecule has 0 spiro atoms. The third-order valence-electron chi connectivity index (χ3n) is 2.99. The van der Waals surface area contributed by atoms with Crippen LogP contribution >= 0.6 is 23.4 Å². The van der Waals surface area contributed by atoms with Gasteiger partial charge in [0.2, 0.25) is 0 Å². The fourth-order valence-corrected chi connectivity index (χ4v) is 3.61. The van der Waals surface area contributed by atoms with Crippen LogP contribution < -0.4 is 5.73 Å². The van der Waals surface area contributed by atoms with Crippen LogP contribution in [0.2, 0.25) is 5.02 Å². The van der Waals surface area contributed by atoms with Gasteiger partial charge in [-0.15, -0.1) is 11.8 Å². The summed E-state index contributed by atoms with van der Waals surface area (Å²) in [5.74, 6) is 0.700. The van der Waals surface area contributed by atoms with E-state index in [0.717, 1.165) is 11.6 Å². The average molecular weight is 242 g/mol. The largest absolute Gasteiger partial charge is 0.330 e. The zero-order valence-corrected chi connectivity index (χ0v) is 10.2. The minimum absolute atomic E-state index is 0.700. The van der Waals surface area contributed by atoms with Crippen molar-refractivity contribution in [1.82, 2.24) is 0 Å². The van der Waals surface area contributed by atoms with Gasteiger partial charge in [-0.05, 0) is 49.6 Å². The molecule has 82 valence electrons. The first kappa shape index (κ1) is 11.3. The van der Waals surface area contributed by atoms with Gasteiger partial charge in [-0.25, -0.2) is 0 Å². The number of hydrogen-bond donors (Lipinski definition) is 1. The normalized spacial score (nSPS) is 25.7. The van der Waals surface area contributed by atoms with E-state index in [0.29, 0.717) is 11.2 Å². The van der Waals surface area contributed by atoms with Crippen molar-refractivity contribution in [2.75, 3.05) is 6.54 Å². The molecule has 15 heavy (non-hydrogen) atoms. The molecule has 0 saturated heterocycles. The summed E-state index contributed by atoms with van der Waals surface area (Å²) in [5.41, 5.74) is 5.77. The Morgan fingerprint density at radius 2 is 2.00 bits per heavy atom. The highest BCUT2D eigenvalue weighted by Crippen LogP contribution is 2.38. The van der Waals surface area contributed by atoms with Crippen LogP contribution in [-0.4, -0.2) is 11.8 Å². The highest BCUT2D eigenvalue weighted by atomic mass is 35.5. The molecule has 1 saturated carbocycles. The van der Waals surface area contributed by atoms with Gasteiger partial charge >= 0.3 is 0 Å². The molecule has 2 unspecified atom stereocenters. The van der Waals surface area contributed by atoms with Crippen LogP contribution in [0.25, 0.3) is 0 Å². The maximum absolute atomic E-state index is 5.86. The molecular formula is C12H16ClNS. The van der Waals surface area contributed by atoms with E-state index in [2.05, 4.69) is 12.1 Å². The second-order valence-corrected chi connectivity index (χ2v) is 5.79. The van der Waals surface area contributed by atoms with E-state index in [9.17, 15) is 0 Å². The molecule has 0 radical (unpaired) electrons. The Balaban J connectivity index is 1.99. The van der Waals surface area contributed by atoms with Gasteiger partial charge in [-0.3, -0.25) is 0 Å². The second kappa shape index (κ2) is 5.24.